The number of aromatic nitrogens is 1. The molecule has 2 unspecified atom stereocenters. The van der Waals surface area contributed by atoms with Gasteiger partial charge < -0.3 is 10.0 Å². The minimum Gasteiger partial charge on any atom is -0.383 e. The van der Waals surface area contributed by atoms with E-state index in [-0.39, 0.29) is 16.7 Å². The van der Waals surface area contributed by atoms with Gasteiger partial charge in [-0.3, -0.25) is 9.78 Å². The van der Waals surface area contributed by atoms with E-state index in [1.165, 1.54) is 0 Å². The predicted octanol–water partition coefficient (Wildman–Crippen LogP) is 3.27. The quantitative estimate of drug-likeness (QED) is 0.841. The maximum absolute atomic E-state index is 13.4. The summed E-state index contributed by atoms with van der Waals surface area (Å²) in [5, 5.41) is 11.0. The lowest BCUT2D eigenvalue weighted by atomic mass is 9.68. The molecule has 2 aliphatic carbocycles. The first kappa shape index (κ1) is 16.8. The molecule has 1 amide bonds. The van der Waals surface area contributed by atoms with Crippen LogP contribution < -0.4 is 0 Å². The van der Waals surface area contributed by atoms with Crippen molar-refractivity contribution in [2.24, 2.45) is 16.7 Å². The molecule has 0 radical (unpaired) electrons. The highest BCUT2D eigenvalue weighted by Crippen LogP contribution is 2.66. The molecule has 2 bridgehead atoms. The number of amides is 1. The number of hydrogen-bond donors (Lipinski definition) is 1. The smallest absolute Gasteiger partial charge is 0.232 e. The van der Waals surface area contributed by atoms with E-state index in [0.29, 0.717) is 37.5 Å². The van der Waals surface area contributed by atoms with Gasteiger partial charge in [0.1, 0.15) is 5.60 Å². The van der Waals surface area contributed by atoms with Crippen molar-refractivity contribution in [3.63, 3.8) is 0 Å². The highest BCUT2D eigenvalue weighted by Gasteiger charge is 2.62. The Morgan fingerprint density at radius 2 is 2.00 bits per heavy atom. The minimum atomic E-state index is -0.917. The summed E-state index contributed by atoms with van der Waals surface area (Å²) in [6.07, 6.45) is 5.84. The molecule has 4 rings (SSSR count). The lowest BCUT2D eigenvalue weighted by Gasteiger charge is -2.43. The number of piperidine rings is 1. The van der Waals surface area contributed by atoms with Crippen LogP contribution in [0.1, 0.15) is 51.6 Å². The second-order valence-electron chi connectivity index (χ2n) is 8.76. The summed E-state index contributed by atoms with van der Waals surface area (Å²) < 4.78 is 0. The molecule has 1 aromatic rings. The van der Waals surface area contributed by atoms with E-state index < -0.39 is 5.60 Å². The number of nitrogens with zero attached hydrogens (tertiary/aromatic N) is 2. The molecule has 134 valence electrons. The van der Waals surface area contributed by atoms with E-state index in [0.717, 1.165) is 24.8 Å². The van der Waals surface area contributed by atoms with Crippen molar-refractivity contribution in [3.8, 4) is 0 Å². The summed E-state index contributed by atoms with van der Waals surface area (Å²) in [6.45, 7) is 10.0. The van der Waals surface area contributed by atoms with Crippen molar-refractivity contribution in [1.82, 2.24) is 9.88 Å². The third-order valence-corrected chi connectivity index (χ3v) is 7.32. The van der Waals surface area contributed by atoms with Gasteiger partial charge in [-0.1, -0.05) is 32.1 Å². The Balaban J connectivity index is 1.50. The first-order valence-electron chi connectivity index (χ1n) is 9.43. The van der Waals surface area contributed by atoms with Gasteiger partial charge in [0.05, 0.1) is 11.1 Å². The van der Waals surface area contributed by atoms with Gasteiger partial charge in [-0.25, -0.2) is 0 Å². The molecular formula is C21H28N2O2. The first-order chi connectivity index (χ1) is 11.8. The third-order valence-electron chi connectivity index (χ3n) is 7.32. The fourth-order valence-corrected chi connectivity index (χ4v) is 5.40. The van der Waals surface area contributed by atoms with Gasteiger partial charge >= 0.3 is 0 Å². The van der Waals surface area contributed by atoms with E-state index >= 15 is 0 Å². The van der Waals surface area contributed by atoms with Crippen molar-refractivity contribution in [2.75, 3.05) is 13.1 Å². The number of rotatable bonds is 2. The third kappa shape index (κ3) is 2.30. The van der Waals surface area contributed by atoms with Gasteiger partial charge in [0.25, 0.3) is 0 Å². The van der Waals surface area contributed by atoms with Gasteiger partial charge in [-0.2, -0.15) is 0 Å². The number of carbonyl (C=O) groups is 1. The molecule has 1 N–H and O–H groups in total. The molecule has 4 nitrogen and oxygen atoms in total. The SMILES string of the molecule is C=C1C2(C(=O)N3CCC(O)(c4ccccn4)CC3)CCC(C2)C1(C)C. The van der Waals surface area contributed by atoms with Crippen LogP contribution in [0.2, 0.25) is 0 Å². The zero-order valence-electron chi connectivity index (χ0n) is 15.3. The van der Waals surface area contributed by atoms with E-state index in [2.05, 4.69) is 25.4 Å². The summed E-state index contributed by atoms with van der Waals surface area (Å²) >= 11 is 0. The highest BCUT2D eigenvalue weighted by atomic mass is 16.3. The normalized spacial score (nSPS) is 32.8. The van der Waals surface area contributed by atoms with Crippen LogP contribution in [0.25, 0.3) is 0 Å². The summed E-state index contributed by atoms with van der Waals surface area (Å²) in [5.41, 5.74) is 0.645. The molecule has 1 saturated heterocycles. The molecule has 2 heterocycles. The average molecular weight is 340 g/mol. The molecule has 2 atom stereocenters. The summed E-state index contributed by atoms with van der Waals surface area (Å²) in [4.78, 5) is 19.7. The van der Waals surface area contributed by atoms with Gasteiger partial charge in [-0.05, 0) is 55.6 Å². The Bertz CT molecular complexity index is 704. The Morgan fingerprint density at radius 1 is 1.28 bits per heavy atom. The number of likely N-dealkylation sites (tertiary alicyclic amines) is 1. The van der Waals surface area contributed by atoms with Crippen LogP contribution in [-0.2, 0) is 10.4 Å². The topological polar surface area (TPSA) is 53.4 Å². The van der Waals surface area contributed by atoms with Crippen molar-refractivity contribution in [2.45, 2.75) is 51.6 Å². The van der Waals surface area contributed by atoms with Gasteiger partial charge in [0, 0.05) is 19.3 Å². The molecule has 1 aromatic heterocycles. The fourth-order valence-electron chi connectivity index (χ4n) is 5.40. The van der Waals surface area contributed by atoms with Crippen LogP contribution in [-0.4, -0.2) is 34.0 Å². The van der Waals surface area contributed by atoms with Crippen molar-refractivity contribution in [1.29, 1.82) is 0 Å². The van der Waals surface area contributed by atoms with Crippen LogP contribution in [0, 0.1) is 16.7 Å². The van der Waals surface area contributed by atoms with Gasteiger partial charge in [-0.15, -0.1) is 0 Å². The molecular weight excluding hydrogens is 312 g/mol. The van der Waals surface area contributed by atoms with Crippen molar-refractivity contribution >= 4 is 5.91 Å². The van der Waals surface area contributed by atoms with Crippen LogP contribution in [0.15, 0.2) is 36.5 Å². The predicted molar refractivity (Wildman–Crippen MR) is 96.6 cm³/mol. The first-order valence-corrected chi connectivity index (χ1v) is 9.43. The molecule has 4 heteroatoms. The number of hydrogen-bond acceptors (Lipinski definition) is 3. The van der Waals surface area contributed by atoms with E-state index in [9.17, 15) is 9.90 Å². The van der Waals surface area contributed by atoms with Crippen LogP contribution in [0.4, 0.5) is 0 Å². The molecule has 3 fully saturated rings. The van der Waals surface area contributed by atoms with Crippen LogP contribution in [0.5, 0.6) is 0 Å². The fraction of sp³-hybridized carbons (Fsp3) is 0.619. The molecule has 1 aliphatic heterocycles. The molecule has 25 heavy (non-hydrogen) atoms. The number of aliphatic hydroxyl groups is 1. The average Bonchev–Trinajstić information content (AvgIpc) is 3.15. The Labute approximate surface area is 149 Å². The maximum Gasteiger partial charge on any atom is 0.232 e. The molecule has 0 aromatic carbocycles. The second kappa shape index (κ2) is 5.41. The number of carbonyl (C=O) groups excluding carboxylic acids is 1. The van der Waals surface area contributed by atoms with Crippen molar-refractivity contribution < 1.29 is 9.90 Å². The van der Waals surface area contributed by atoms with Crippen molar-refractivity contribution in [3.05, 3.63) is 42.2 Å². The van der Waals surface area contributed by atoms with Gasteiger partial charge in [0.15, 0.2) is 0 Å². The lowest BCUT2D eigenvalue weighted by molar-refractivity contribution is -0.144. The second-order valence-corrected chi connectivity index (χ2v) is 8.76. The Kier molecular flexibility index (Phi) is 3.63. The highest BCUT2D eigenvalue weighted by molar-refractivity contribution is 5.87. The molecule has 3 aliphatic rings. The largest absolute Gasteiger partial charge is 0.383 e. The molecule has 0 spiro atoms. The number of pyridine rings is 1. The zero-order valence-corrected chi connectivity index (χ0v) is 15.3. The van der Waals surface area contributed by atoms with Crippen LogP contribution in [0.3, 0.4) is 0 Å². The standard InChI is InChI=1S/C21H28N2O2/c1-15-19(2,3)16-7-8-20(15,14-16)18(24)23-12-9-21(25,10-13-23)17-6-4-5-11-22-17/h4-6,11,16,25H,1,7-10,12-14H2,2-3H3. The summed E-state index contributed by atoms with van der Waals surface area (Å²) in [7, 11) is 0. The monoisotopic (exact) mass is 340 g/mol. The van der Waals surface area contributed by atoms with E-state index in [1.54, 1.807) is 6.20 Å². The van der Waals surface area contributed by atoms with E-state index in [1.807, 2.05) is 23.1 Å². The van der Waals surface area contributed by atoms with Gasteiger partial charge in [0.2, 0.25) is 5.91 Å². The Hall–Kier alpha value is -1.68. The maximum atomic E-state index is 13.4. The van der Waals surface area contributed by atoms with Crippen LogP contribution >= 0.6 is 0 Å². The summed E-state index contributed by atoms with van der Waals surface area (Å²) in [5.74, 6) is 0.827. The minimum absolute atomic E-state index is 0.0678. The Morgan fingerprint density at radius 3 is 2.56 bits per heavy atom. The molecule has 2 saturated carbocycles. The van der Waals surface area contributed by atoms with E-state index in [4.69, 9.17) is 0 Å². The number of fused-ring (bicyclic) bond motifs is 2. The summed E-state index contributed by atoms with van der Waals surface area (Å²) in [6, 6.07) is 5.63. The lowest BCUT2D eigenvalue weighted by Crippen LogP contribution is -2.50. The zero-order chi connectivity index (χ0) is 17.9.